The highest BCUT2D eigenvalue weighted by Crippen LogP contribution is 2.20. The summed E-state index contributed by atoms with van der Waals surface area (Å²) in [5, 5.41) is 3.82. The smallest absolute Gasteiger partial charge is 0.0320 e. The van der Waals surface area contributed by atoms with Gasteiger partial charge in [0.2, 0.25) is 0 Å². The van der Waals surface area contributed by atoms with E-state index in [0.717, 1.165) is 6.54 Å². The number of unbranched alkanes of at least 4 members (excludes halogenated alkanes) is 2. The molecule has 0 amide bonds. The van der Waals surface area contributed by atoms with E-state index in [0.29, 0.717) is 18.0 Å². The van der Waals surface area contributed by atoms with E-state index in [1.807, 2.05) is 0 Å². The van der Waals surface area contributed by atoms with E-state index < -0.39 is 0 Å². The quantitative estimate of drug-likeness (QED) is 0.639. The van der Waals surface area contributed by atoms with Crippen molar-refractivity contribution in [2.45, 2.75) is 58.5 Å². The van der Waals surface area contributed by atoms with E-state index in [9.17, 15) is 0 Å². The number of hydrogen-bond donors (Lipinski definition) is 1. The van der Waals surface area contributed by atoms with Crippen LogP contribution in [0.4, 0.5) is 0 Å². The normalized spacial score (nSPS) is 14.6. The highest BCUT2D eigenvalue weighted by atomic mass is 15.1. The third kappa shape index (κ3) is 6.62. The first-order valence-electron chi connectivity index (χ1n) is 8.51. The summed E-state index contributed by atoms with van der Waals surface area (Å²) in [6.07, 6.45) is 5.15. The molecule has 2 atom stereocenters. The molecule has 0 bridgehead atoms. The van der Waals surface area contributed by atoms with Gasteiger partial charge in [-0.15, -0.1) is 0 Å². The second-order valence-electron chi connectivity index (χ2n) is 6.64. The molecule has 0 fully saturated rings. The Morgan fingerprint density at radius 1 is 1.05 bits per heavy atom. The molecular weight excluding hydrogens is 256 g/mol. The van der Waals surface area contributed by atoms with Crippen LogP contribution in [0, 0.1) is 5.92 Å². The fourth-order valence-corrected chi connectivity index (χ4v) is 2.95. The standard InChI is InChI=1S/C19H34N2/c1-6-7-9-14-18(17-12-10-8-11-13-17)20-15-19(16(2)3)21(4)5/h8,10-13,16,18-20H,6-7,9,14-15H2,1-5H3. The van der Waals surface area contributed by atoms with Crippen LogP contribution in [0.25, 0.3) is 0 Å². The molecule has 2 unspecified atom stereocenters. The van der Waals surface area contributed by atoms with Crippen molar-refractivity contribution in [1.82, 2.24) is 10.2 Å². The molecule has 0 radical (unpaired) electrons. The van der Waals surface area contributed by atoms with E-state index >= 15 is 0 Å². The molecule has 120 valence electrons. The van der Waals surface area contributed by atoms with Gasteiger partial charge in [0.1, 0.15) is 0 Å². The zero-order valence-electron chi connectivity index (χ0n) is 14.6. The van der Waals surface area contributed by atoms with Crippen molar-refractivity contribution in [2.75, 3.05) is 20.6 Å². The van der Waals surface area contributed by atoms with Crippen molar-refractivity contribution >= 4 is 0 Å². The second kappa shape index (κ2) is 9.97. The fourth-order valence-electron chi connectivity index (χ4n) is 2.95. The Bertz CT molecular complexity index is 351. The van der Waals surface area contributed by atoms with Crippen LogP contribution < -0.4 is 5.32 Å². The Morgan fingerprint density at radius 2 is 1.71 bits per heavy atom. The van der Waals surface area contributed by atoms with Crippen LogP contribution in [0.5, 0.6) is 0 Å². The lowest BCUT2D eigenvalue weighted by atomic mass is 9.98. The lowest BCUT2D eigenvalue weighted by Gasteiger charge is -2.30. The molecule has 0 spiro atoms. The van der Waals surface area contributed by atoms with Gasteiger partial charge >= 0.3 is 0 Å². The first-order valence-corrected chi connectivity index (χ1v) is 8.51. The Labute approximate surface area is 131 Å². The van der Waals surface area contributed by atoms with Crippen LogP contribution in [0.15, 0.2) is 30.3 Å². The van der Waals surface area contributed by atoms with Gasteiger partial charge in [-0.3, -0.25) is 0 Å². The summed E-state index contributed by atoms with van der Waals surface area (Å²) in [5.74, 6) is 0.666. The van der Waals surface area contributed by atoms with Gasteiger partial charge < -0.3 is 10.2 Å². The van der Waals surface area contributed by atoms with Crippen LogP contribution in [0.1, 0.15) is 58.1 Å². The minimum absolute atomic E-state index is 0.485. The SMILES string of the molecule is CCCCCC(NCC(C(C)C)N(C)C)c1ccccc1. The molecule has 1 aromatic rings. The van der Waals surface area contributed by atoms with E-state index in [1.54, 1.807) is 0 Å². The molecule has 2 nitrogen and oxygen atoms in total. The van der Waals surface area contributed by atoms with Crippen LogP contribution in [-0.4, -0.2) is 31.6 Å². The Hall–Kier alpha value is -0.860. The maximum atomic E-state index is 3.82. The summed E-state index contributed by atoms with van der Waals surface area (Å²) < 4.78 is 0. The van der Waals surface area contributed by atoms with E-state index in [-0.39, 0.29) is 0 Å². The molecule has 21 heavy (non-hydrogen) atoms. The summed E-state index contributed by atoms with van der Waals surface area (Å²) in [5.41, 5.74) is 1.43. The molecule has 1 aromatic carbocycles. The summed E-state index contributed by atoms with van der Waals surface area (Å²) >= 11 is 0. The third-order valence-electron chi connectivity index (χ3n) is 4.30. The molecule has 2 heteroatoms. The summed E-state index contributed by atoms with van der Waals surface area (Å²) in [7, 11) is 4.36. The minimum atomic E-state index is 0.485. The number of nitrogens with one attached hydrogen (secondary N) is 1. The monoisotopic (exact) mass is 290 g/mol. The van der Waals surface area contributed by atoms with Crippen LogP contribution >= 0.6 is 0 Å². The highest BCUT2D eigenvalue weighted by molar-refractivity contribution is 5.18. The van der Waals surface area contributed by atoms with Crippen molar-refractivity contribution in [1.29, 1.82) is 0 Å². The average molecular weight is 290 g/mol. The fraction of sp³-hybridized carbons (Fsp3) is 0.684. The van der Waals surface area contributed by atoms with Crippen molar-refractivity contribution in [3.05, 3.63) is 35.9 Å². The first-order chi connectivity index (χ1) is 10.1. The average Bonchev–Trinajstić information content (AvgIpc) is 2.46. The molecular formula is C19H34N2. The van der Waals surface area contributed by atoms with E-state index in [1.165, 1.54) is 31.2 Å². The topological polar surface area (TPSA) is 15.3 Å². The van der Waals surface area contributed by atoms with Crippen molar-refractivity contribution in [3.8, 4) is 0 Å². The van der Waals surface area contributed by atoms with Crippen molar-refractivity contribution in [3.63, 3.8) is 0 Å². The second-order valence-corrected chi connectivity index (χ2v) is 6.64. The molecule has 0 aliphatic rings. The van der Waals surface area contributed by atoms with Gasteiger partial charge in [0.25, 0.3) is 0 Å². The number of benzene rings is 1. The predicted octanol–water partition coefficient (Wildman–Crippen LogP) is 4.48. The molecule has 1 rings (SSSR count). The predicted molar refractivity (Wildman–Crippen MR) is 93.6 cm³/mol. The molecule has 0 aromatic heterocycles. The van der Waals surface area contributed by atoms with Crippen LogP contribution in [0.2, 0.25) is 0 Å². The van der Waals surface area contributed by atoms with Crippen molar-refractivity contribution < 1.29 is 0 Å². The lowest BCUT2D eigenvalue weighted by molar-refractivity contribution is 0.217. The minimum Gasteiger partial charge on any atom is -0.308 e. The summed E-state index contributed by atoms with van der Waals surface area (Å²) in [4.78, 5) is 2.34. The molecule has 0 heterocycles. The maximum Gasteiger partial charge on any atom is 0.0320 e. The zero-order valence-corrected chi connectivity index (χ0v) is 14.6. The van der Waals surface area contributed by atoms with Gasteiger partial charge in [-0.2, -0.15) is 0 Å². The van der Waals surface area contributed by atoms with E-state index in [4.69, 9.17) is 0 Å². The Morgan fingerprint density at radius 3 is 2.24 bits per heavy atom. The molecule has 0 aliphatic heterocycles. The van der Waals surface area contributed by atoms with Crippen LogP contribution in [0.3, 0.4) is 0 Å². The maximum absolute atomic E-state index is 3.82. The largest absolute Gasteiger partial charge is 0.308 e. The lowest BCUT2D eigenvalue weighted by Crippen LogP contribution is -2.42. The zero-order chi connectivity index (χ0) is 15.7. The molecule has 0 saturated carbocycles. The summed E-state index contributed by atoms with van der Waals surface area (Å²) in [6.45, 7) is 7.93. The van der Waals surface area contributed by atoms with Gasteiger partial charge in [-0.1, -0.05) is 70.4 Å². The number of nitrogens with zero attached hydrogens (tertiary/aromatic N) is 1. The van der Waals surface area contributed by atoms with Gasteiger partial charge in [-0.05, 0) is 32.0 Å². The van der Waals surface area contributed by atoms with Gasteiger partial charge in [0.05, 0.1) is 0 Å². The van der Waals surface area contributed by atoms with Gasteiger partial charge in [-0.25, -0.2) is 0 Å². The summed E-state index contributed by atoms with van der Waals surface area (Å²) in [6, 6.07) is 12.0. The third-order valence-corrected chi connectivity index (χ3v) is 4.30. The Balaban J connectivity index is 2.64. The van der Waals surface area contributed by atoms with Gasteiger partial charge in [0.15, 0.2) is 0 Å². The van der Waals surface area contributed by atoms with Crippen molar-refractivity contribution in [2.24, 2.45) is 5.92 Å². The highest BCUT2D eigenvalue weighted by Gasteiger charge is 2.18. The number of likely N-dealkylation sites (N-methyl/N-ethyl adjacent to an activating group) is 1. The van der Waals surface area contributed by atoms with Gasteiger partial charge in [0, 0.05) is 18.6 Å². The molecule has 0 saturated heterocycles. The number of rotatable bonds is 10. The Kier molecular flexibility index (Phi) is 8.63. The first kappa shape index (κ1) is 18.2. The molecule has 0 aliphatic carbocycles. The van der Waals surface area contributed by atoms with E-state index in [2.05, 4.69) is 75.4 Å². The molecule has 1 N–H and O–H groups in total. The number of hydrogen-bond acceptors (Lipinski definition) is 2. The van der Waals surface area contributed by atoms with Crippen LogP contribution in [-0.2, 0) is 0 Å².